The Morgan fingerprint density at radius 1 is 1.45 bits per heavy atom. The average molecular weight is 296 g/mol. The fraction of sp³-hybridized carbons (Fsp3) is 0.923. The van der Waals surface area contributed by atoms with Crippen LogP contribution in [0.2, 0.25) is 0 Å². The van der Waals surface area contributed by atoms with E-state index in [1.165, 1.54) is 0 Å². The molecule has 118 valence electrons. The molecule has 1 aliphatic rings. The summed E-state index contributed by atoms with van der Waals surface area (Å²) in [7, 11) is 0. The first-order valence-corrected chi connectivity index (χ1v) is 6.76. The van der Waals surface area contributed by atoms with Gasteiger partial charge in [-0.05, 0) is 24.2 Å². The summed E-state index contributed by atoms with van der Waals surface area (Å²) in [6.45, 7) is 4.95. The maximum Gasteiger partial charge on any atom is 0.416 e. The van der Waals surface area contributed by atoms with Gasteiger partial charge in [0, 0.05) is 12.0 Å². The van der Waals surface area contributed by atoms with Gasteiger partial charge in [-0.1, -0.05) is 20.8 Å². The number of carbonyl (C=O) groups excluding carboxylic acids is 1. The van der Waals surface area contributed by atoms with E-state index in [-0.39, 0.29) is 17.4 Å². The van der Waals surface area contributed by atoms with Crippen molar-refractivity contribution in [2.24, 2.45) is 23.0 Å². The highest BCUT2D eigenvalue weighted by molar-refractivity contribution is 5.79. The zero-order valence-corrected chi connectivity index (χ0v) is 12.0. The Bertz CT molecular complexity index is 358. The molecule has 0 saturated heterocycles. The fourth-order valence-electron chi connectivity index (χ4n) is 2.76. The minimum atomic E-state index is -4.72. The summed E-state index contributed by atoms with van der Waals surface area (Å²) in [5.41, 5.74) is 5.59. The number of amides is 1. The lowest BCUT2D eigenvalue weighted by Gasteiger charge is -2.46. The number of carbonyl (C=O) groups is 1. The summed E-state index contributed by atoms with van der Waals surface area (Å²) < 4.78 is 36.6. The monoisotopic (exact) mass is 296 g/mol. The smallest absolute Gasteiger partial charge is 0.382 e. The van der Waals surface area contributed by atoms with Crippen molar-refractivity contribution < 1.29 is 23.1 Å². The van der Waals surface area contributed by atoms with E-state index in [0.717, 1.165) is 0 Å². The second-order valence-electron chi connectivity index (χ2n) is 6.21. The first-order valence-electron chi connectivity index (χ1n) is 6.76. The number of aliphatic hydroxyl groups excluding tert-OH is 1. The molecular formula is C13H23F3N2O2. The molecule has 0 aliphatic heterocycles. The molecule has 1 saturated carbocycles. The van der Waals surface area contributed by atoms with Crippen molar-refractivity contribution in [1.29, 1.82) is 0 Å². The number of hydrogen-bond acceptors (Lipinski definition) is 3. The zero-order valence-electron chi connectivity index (χ0n) is 12.0. The number of rotatable bonds is 3. The van der Waals surface area contributed by atoms with E-state index in [2.05, 4.69) is 5.32 Å². The molecule has 0 aromatic carbocycles. The van der Waals surface area contributed by atoms with Gasteiger partial charge in [-0.15, -0.1) is 0 Å². The fourth-order valence-corrected chi connectivity index (χ4v) is 2.76. The Morgan fingerprint density at radius 2 is 2.00 bits per heavy atom. The maximum atomic E-state index is 12.2. The lowest BCUT2D eigenvalue weighted by atomic mass is 9.61. The molecule has 20 heavy (non-hydrogen) atoms. The second kappa shape index (κ2) is 5.89. The molecule has 0 bridgehead atoms. The van der Waals surface area contributed by atoms with Crippen LogP contribution in [0.1, 0.15) is 33.6 Å². The van der Waals surface area contributed by atoms with Gasteiger partial charge in [0.1, 0.15) is 0 Å². The van der Waals surface area contributed by atoms with Gasteiger partial charge in [0.05, 0.1) is 6.54 Å². The number of nitrogens with one attached hydrogen (secondary N) is 1. The molecule has 1 rings (SSSR count). The lowest BCUT2D eigenvalue weighted by Crippen LogP contribution is -2.52. The van der Waals surface area contributed by atoms with E-state index in [0.29, 0.717) is 12.8 Å². The first kappa shape index (κ1) is 17.2. The molecular weight excluding hydrogens is 273 g/mol. The SMILES string of the molecule is CC1C(N)CCC(C(=O)NCC(O)C(F)(F)F)C1(C)C. The maximum absolute atomic E-state index is 12.2. The molecule has 4 unspecified atom stereocenters. The molecule has 7 heteroatoms. The molecule has 1 aliphatic carbocycles. The molecule has 0 radical (unpaired) electrons. The van der Waals surface area contributed by atoms with Crippen LogP contribution in [0.25, 0.3) is 0 Å². The highest BCUT2D eigenvalue weighted by Crippen LogP contribution is 2.44. The number of alkyl halides is 3. The number of halogens is 3. The van der Waals surface area contributed by atoms with Crippen LogP contribution < -0.4 is 11.1 Å². The van der Waals surface area contributed by atoms with Gasteiger partial charge in [0.15, 0.2) is 6.10 Å². The summed E-state index contributed by atoms with van der Waals surface area (Å²) in [5.74, 6) is -0.741. The molecule has 4 atom stereocenters. The van der Waals surface area contributed by atoms with Crippen LogP contribution in [-0.4, -0.2) is 35.9 Å². The van der Waals surface area contributed by atoms with Crippen molar-refractivity contribution in [2.75, 3.05) is 6.54 Å². The quantitative estimate of drug-likeness (QED) is 0.737. The summed E-state index contributed by atoms with van der Waals surface area (Å²) in [5, 5.41) is 11.1. The number of nitrogens with two attached hydrogens (primary N) is 1. The Balaban J connectivity index is 2.64. The normalized spacial score (nSPS) is 31.7. The van der Waals surface area contributed by atoms with Gasteiger partial charge < -0.3 is 16.2 Å². The molecule has 4 nitrogen and oxygen atoms in total. The van der Waals surface area contributed by atoms with Crippen LogP contribution in [0, 0.1) is 17.3 Å². The van der Waals surface area contributed by atoms with Gasteiger partial charge in [-0.2, -0.15) is 13.2 Å². The van der Waals surface area contributed by atoms with Gasteiger partial charge in [0.2, 0.25) is 5.91 Å². The molecule has 0 heterocycles. The predicted octanol–water partition coefficient (Wildman–Crippen LogP) is 1.43. The highest BCUT2D eigenvalue weighted by atomic mass is 19.4. The van der Waals surface area contributed by atoms with E-state index >= 15 is 0 Å². The third-order valence-electron chi connectivity index (χ3n) is 4.67. The van der Waals surface area contributed by atoms with Crippen LogP contribution in [0.5, 0.6) is 0 Å². The van der Waals surface area contributed by atoms with Crippen molar-refractivity contribution >= 4 is 5.91 Å². The Labute approximate surface area is 116 Å². The van der Waals surface area contributed by atoms with Crippen LogP contribution in [0.4, 0.5) is 13.2 Å². The van der Waals surface area contributed by atoms with Crippen molar-refractivity contribution in [3.05, 3.63) is 0 Å². The van der Waals surface area contributed by atoms with Crippen molar-refractivity contribution in [1.82, 2.24) is 5.32 Å². The lowest BCUT2D eigenvalue weighted by molar-refractivity contribution is -0.202. The summed E-state index contributed by atoms with van der Waals surface area (Å²) >= 11 is 0. The number of hydrogen-bond donors (Lipinski definition) is 3. The molecule has 1 fully saturated rings. The summed E-state index contributed by atoms with van der Waals surface area (Å²) in [6, 6.07) is -0.00480. The molecule has 0 aromatic heterocycles. The molecule has 0 aromatic rings. The zero-order chi connectivity index (χ0) is 15.7. The largest absolute Gasteiger partial charge is 0.416 e. The van der Waals surface area contributed by atoms with Gasteiger partial charge in [-0.3, -0.25) is 4.79 Å². The van der Waals surface area contributed by atoms with Gasteiger partial charge in [0.25, 0.3) is 0 Å². The van der Waals surface area contributed by atoms with E-state index < -0.39 is 30.7 Å². The van der Waals surface area contributed by atoms with Crippen LogP contribution in [-0.2, 0) is 4.79 Å². The predicted molar refractivity (Wildman–Crippen MR) is 68.7 cm³/mol. The molecule has 0 spiro atoms. The third kappa shape index (κ3) is 3.63. The van der Waals surface area contributed by atoms with E-state index in [9.17, 15) is 18.0 Å². The van der Waals surface area contributed by atoms with E-state index in [4.69, 9.17) is 10.8 Å². The van der Waals surface area contributed by atoms with Gasteiger partial charge in [-0.25, -0.2) is 0 Å². The molecule has 1 amide bonds. The molecule has 4 N–H and O–H groups in total. The Morgan fingerprint density at radius 3 is 2.50 bits per heavy atom. The van der Waals surface area contributed by atoms with Crippen molar-refractivity contribution in [3.8, 4) is 0 Å². The Kier molecular flexibility index (Phi) is 5.08. The topological polar surface area (TPSA) is 75.4 Å². The Hall–Kier alpha value is -0.820. The summed E-state index contributed by atoms with van der Waals surface area (Å²) in [6.07, 6.45) is -6.03. The summed E-state index contributed by atoms with van der Waals surface area (Å²) in [4.78, 5) is 12.1. The van der Waals surface area contributed by atoms with Crippen LogP contribution in [0.15, 0.2) is 0 Å². The minimum absolute atomic E-state index is 0.00480. The van der Waals surface area contributed by atoms with E-state index in [1.54, 1.807) is 0 Å². The highest BCUT2D eigenvalue weighted by Gasteiger charge is 2.45. The third-order valence-corrected chi connectivity index (χ3v) is 4.67. The van der Waals surface area contributed by atoms with E-state index in [1.807, 2.05) is 20.8 Å². The standard InChI is InChI=1S/C13H23F3N2O2/c1-7-9(17)5-4-8(12(7,2)3)11(20)18-6-10(19)13(14,15)16/h7-10,19H,4-6,17H2,1-3H3,(H,18,20). The van der Waals surface area contributed by atoms with Crippen LogP contribution >= 0.6 is 0 Å². The number of aliphatic hydroxyl groups is 1. The van der Waals surface area contributed by atoms with Crippen LogP contribution in [0.3, 0.4) is 0 Å². The average Bonchev–Trinajstić information content (AvgIpc) is 2.31. The van der Waals surface area contributed by atoms with Crippen molar-refractivity contribution in [2.45, 2.75) is 51.9 Å². The first-order chi connectivity index (χ1) is 8.98. The minimum Gasteiger partial charge on any atom is -0.382 e. The van der Waals surface area contributed by atoms with Crippen molar-refractivity contribution in [3.63, 3.8) is 0 Å². The van der Waals surface area contributed by atoms with Gasteiger partial charge >= 0.3 is 6.18 Å². The second-order valence-corrected chi connectivity index (χ2v) is 6.21.